The maximum absolute atomic E-state index is 11.6. The summed E-state index contributed by atoms with van der Waals surface area (Å²) in [6.07, 6.45) is 3.35. The zero-order valence-corrected chi connectivity index (χ0v) is 12.0. The zero-order valence-electron chi connectivity index (χ0n) is 12.0. The summed E-state index contributed by atoms with van der Waals surface area (Å²) in [4.78, 5) is 11.6. The molecule has 1 aromatic rings. The molecule has 4 heteroatoms. The first-order chi connectivity index (χ1) is 9.63. The summed E-state index contributed by atoms with van der Waals surface area (Å²) in [6, 6.07) is 9.76. The molecule has 1 aromatic carbocycles. The van der Waals surface area contributed by atoms with Crippen molar-refractivity contribution >= 4 is 12.0 Å². The molecule has 108 valence electrons. The Bertz CT molecular complexity index is 488. The average molecular weight is 276 g/mol. The summed E-state index contributed by atoms with van der Waals surface area (Å²) >= 11 is 0. The third-order valence-corrected chi connectivity index (χ3v) is 3.01. The topological polar surface area (TPSA) is 55.8 Å². The molecule has 1 rings (SSSR count). The lowest BCUT2D eigenvalue weighted by atomic mass is 10.0. The number of rotatable bonds is 6. The van der Waals surface area contributed by atoms with Gasteiger partial charge in [-0.2, -0.15) is 0 Å². The average Bonchev–Trinajstić information content (AvgIpc) is 2.49. The molecule has 0 aliphatic rings. The van der Waals surface area contributed by atoms with Crippen LogP contribution < -0.4 is 0 Å². The molecule has 0 spiro atoms. The standard InChI is InChI=1S/C16H20O4/c1-12(14(11-17)16(18)20-3)15(19-2)10-9-13-7-5-4-6-8-13/h4-10,15,17H,11H2,1-3H3/b10-9+,14-12-/t15-/m0/s1. The van der Waals surface area contributed by atoms with E-state index >= 15 is 0 Å². The van der Waals surface area contributed by atoms with E-state index in [0.29, 0.717) is 5.57 Å². The van der Waals surface area contributed by atoms with Gasteiger partial charge in [0.15, 0.2) is 0 Å². The zero-order chi connectivity index (χ0) is 15.0. The lowest BCUT2D eigenvalue weighted by molar-refractivity contribution is -0.136. The minimum absolute atomic E-state index is 0.220. The first-order valence-corrected chi connectivity index (χ1v) is 6.28. The van der Waals surface area contributed by atoms with E-state index < -0.39 is 12.1 Å². The Kier molecular flexibility index (Phi) is 6.70. The molecule has 0 saturated carbocycles. The van der Waals surface area contributed by atoms with Crippen LogP contribution in [-0.4, -0.2) is 38.0 Å². The van der Waals surface area contributed by atoms with Gasteiger partial charge in [-0.1, -0.05) is 42.5 Å². The maximum atomic E-state index is 11.6. The Morgan fingerprint density at radius 1 is 1.30 bits per heavy atom. The van der Waals surface area contributed by atoms with E-state index in [1.807, 2.05) is 42.5 Å². The molecule has 1 N–H and O–H groups in total. The van der Waals surface area contributed by atoms with Crippen LogP contribution in [-0.2, 0) is 14.3 Å². The van der Waals surface area contributed by atoms with E-state index in [2.05, 4.69) is 4.74 Å². The first-order valence-electron chi connectivity index (χ1n) is 6.28. The van der Waals surface area contributed by atoms with Crippen molar-refractivity contribution in [3.8, 4) is 0 Å². The van der Waals surface area contributed by atoms with Crippen LogP contribution in [0.5, 0.6) is 0 Å². The Balaban J connectivity index is 2.97. The summed E-state index contributed by atoms with van der Waals surface area (Å²) in [5.74, 6) is -0.542. The number of aliphatic hydroxyl groups is 1. The van der Waals surface area contributed by atoms with Gasteiger partial charge in [0, 0.05) is 7.11 Å². The molecule has 0 amide bonds. The number of ether oxygens (including phenoxy) is 2. The Morgan fingerprint density at radius 3 is 2.45 bits per heavy atom. The molecule has 0 saturated heterocycles. The molecule has 20 heavy (non-hydrogen) atoms. The van der Waals surface area contributed by atoms with Crippen LogP contribution in [0.25, 0.3) is 6.08 Å². The Hall–Kier alpha value is -1.91. The number of benzene rings is 1. The van der Waals surface area contributed by atoms with Crippen LogP contribution in [0.15, 0.2) is 47.6 Å². The van der Waals surface area contributed by atoms with E-state index in [0.717, 1.165) is 5.56 Å². The second-order valence-electron chi connectivity index (χ2n) is 4.24. The monoisotopic (exact) mass is 276 g/mol. The lowest BCUT2D eigenvalue weighted by Crippen LogP contribution is -2.18. The highest BCUT2D eigenvalue weighted by atomic mass is 16.5. The van der Waals surface area contributed by atoms with Gasteiger partial charge in [0.05, 0.1) is 25.4 Å². The number of hydrogen-bond donors (Lipinski definition) is 1. The molecule has 0 aliphatic heterocycles. The molecule has 0 heterocycles. The molecule has 0 fully saturated rings. The van der Waals surface area contributed by atoms with Crippen molar-refractivity contribution in [1.29, 1.82) is 0 Å². The third kappa shape index (κ3) is 4.33. The predicted octanol–water partition coefficient (Wildman–Crippen LogP) is 2.20. The third-order valence-electron chi connectivity index (χ3n) is 3.01. The van der Waals surface area contributed by atoms with Gasteiger partial charge in [0.1, 0.15) is 0 Å². The fourth-order valence-corrected chi connectivity index (χ4v) is 1.81. The fourth-order valence-electron chi connectivity index (χ4n) is 1.81. The number of methoxy groups -OCH3 is 2. The van der Waals surface area contributed by atoms with E-state index in [1.54, 1.807) is 14.0 Å². The molecular formula is C16H20O4. The molecule has 0 unspecified atom stereocenters. The Labute approximate surface area is 119 Å². The van der Waals surface area contributed by atoms with Gasteiger partial charge >= 0.3 is 5.97 Å². The van der Waals surface area contributed by atoms with Gasteiger partial charge in [0.25, 0.3) is 0 Å². The van der Waals surface area contributed by atoms with Crippen LogP contribution in [0.1, 0.15) is 12.5 Å². The highest BCUT2D eigenvalue weighted by molar-refractivity contribution is 5.89. The van der Waals surface area contributed by atoms with Crippen LogP contribution in [0.4, 0.5) is 0 Å². The molecule has 0 aromatic heterocycles. The van der Waals surface area contributed by atoms with Crippen molar-refractivity contribution in [3.63, 3.8) is 0 Å². The predicted molar refractivity (Wildman–Crippen MR) is 78.1 cm³/mol. The fraction of sp³-hybridized carbons (Fsp3) is 0.312. The van der Waals surface area contributed by atoms with Gasteiger partial charge in [-0.3, -0.25) is 0 Å². The van der Waals surface area contributed by atoms with Gasteiger partial charge in [-0.05, 0) is 18.1 Å². The number of carbonyl (C=O) groups excluding carboxylic acids is 1. The molecular weight excluding hydrogens is 256 g/mol. The summed E-state index contributed by atoms with van der Waals surface area (Å²) in [6.45, 7) is 1.36. The van der Waals surface area contributed by atoms with Crippen molar-refractivity contribution in [2.24, 2.45) is 0 Å². The molecule has 0 aliphatic carbocycles. The van der Waals surface area contributed by atoms with Crippen molar-refractivity contribution in [3.05, 3.63) is 53.1 Å². The van der Waals surface area contributed by atoms with Crippen LogP contribution in [0.2, 0.25) is 0 Å². The normalized spacial score (nSPS) is 14.0. The van der Waals surface area contributed by atoms with E-state index in [1.165, 1.54) is 7.11 Å². The highest BCUT2D eigenvalue weighted by Gasteiger charge is 2.17. The summed E-state index contributed by atoms with van der Waals surface area (Å²) < 4.78 is 9.99. The summed E-state index contributed by atoms with van der Waals surface area (Å²) in [5, 5.41) is 9.29. The minimum atomic E-state index is -0.542. The van der Waals surface area contributed by atoms with Crippen molar-refractivity contribution in [1.82, 2.24) is 0 Å². The number of carbonyl (C=O) groups is 1. The van der Waals surface area contributed by atoms with E-state index in [4.69, 9.17) is 4.74 Å². The van der Waals surface area contributed by atoms with Crippen LogP contribution in [0, 0.1) is 0 Å². The Morgan fingerprint density at radius 2 is 1.95 bits per heavy atom. The SMILES string of the molecule is COC(=O)/C(CO)=C(/C)[C@H](/C=C/c1ccccc1)OC. The van der Waals surface area contributed by atoms with Gasteiger partial charge < -0.3 is 14.6 Å². The van der Waals surface area contributed by atoms with Crippen LogP contribution in [0.3, 0.4) is 0 Å². The summed E-state index contributed by atoms with van der Waals surface area (Å²) in [7, 11) is 2.84. The van der Waals surface area contributed by atoms with E-state index in [-0.39, 0.29) is 12.2 Å². The van der Waals surface area contributed by atoms with Gasteiger partial charge in [-0.15, -0.1) is 0 Å². The molecule has 0 radical (unpaired) electrons. The van der Waals surface area contributed by atoms with Gasteiger partial charge in [-0.25, -0.2) is 4.79 Å². The van der Waals surface area contributed by atoms with Crippen LogP contribution >= 0.6 is 0 Å². The largest absolute Gasteiger partial charge is 0.466 e. The molecule has 4 nitrogen and oxygen atoms in total. The molecule has 0 bridgehead atoms. The lowest BCUT2D eigenvalue weighted by Gasteiger charge is -2.15. The van der Waals surface area contributed by atoms with Crippen molar-refractivity contribution < 1.29 is 19.4 Å². The quantitative estimate of drug-likeness (QED) is 0.639. The first kappa shape index (κ1) is 16.1. The molecule has 1 atom stereocenters. The smallest absolute Gasteiger partial charge is 0.336 e. The minimum Gasteiger partial charge on any atom is -0.466 e. The second-order valence-corrected chi connectivity index (χ2v) is 4.24. The number of esters is 1. The second kappa shape index (κ2) is 8.30. The maximum Gasteiger partial charge on any atom is 0.336 e. The van der Waals surface area contributed by atoms with Crippen molar-refractivity contribution in [2.75, 3.05) is 20.8 Å². The number of hydrogen-bond acceptors (Lipinski definition) is 4. The summed E-state index contributed by atoms with van der Waals surface area (Å²) in [5.41, 5.74) is 1.89. The van der Waals surface area contributed by atoms with Crippen molar-refractivity contribution in [2.45, 2.75) is 13.0 Å². The van der Waals surface area contributed by atoms with Gasteiger partial charge in [0.2, 0.25) is 0 Å². The van der Waals surface area contributed by atoms with E-state index in [9.17, 15) is 9.90 Å². The number of aliphatic hydroxyl groups excluding tert-OH is 1. The highest BCUT2D eigenvalue weighted by Crippen LogP contribution is 2.15.